The Morgan fingerprint density at radius 2 is 2.11 bits per heavy atom. The summed E-state index contributed by atoms with van der Waals surface area (Å²) >= 11 is 0. The van der Waals surface area contributed by atoms with Crippen LogP contribution in [0.25, 0.3) is 0 Å². The van der Waals surface area contributed by atoms with Crippen molar-refractivity contribution < 1.29 is 4.79 Å². The summed E-state index contributed by atoms with van der Waals surface area (Å²) in [6, 6.07) is 0. The number of nitrogens with one attached hydrogen (secondary N) is 1. The largest absolute Gasteiger partial charge is 0.313 e. The third kappa shape index (κ3) is 5.24. The van der Waals surface area contributed by atoms with Gasteiger partial charge in [-0.2, -0.15) is 0 Å². The molecule has 0 unspecified atom stereocenters. The Balaban J connectivity index is 3.63. The first-order valence-electron chi connectivity index (χ1n) is 2.99. The van der Waals surface area contributed by atoms with Crippen molar-refractivity contribution in [1.29, 1.82) is 0 Å². The maximum atomic E-state index is 10.7. The monoisotopic (exact) mass is 127 g/mol. The van der Waals surface area contributed by atoms with Crippen molar-refractivity contribution in [3.63, 3.8) is 0 Å². The SMILES string of the molecule is CNCC(=O)C=C(C)C. The first-order valence-corrected chi connectivity index (χ1v) is 2.99. The predicted octanol–water partition coefficient (Wildman–Crippen LogP) is 0.741. The summed E-state index contributed by atoms with van der Waals surface area (Å²) < 4.78 is 0. The van der Waals surface area contributed by atoms with Crippen LogP contribution in [-0.2, 0) is 4.79 Å². The molecule has 2 nitrogen and oxygen atoms in total. The van der Waals surface area contributed by atoms with E-state index in [1.165, 1.54) is 0 Å². The smallest absolute Gasteiger partial charge is 0.169 e. The summed E-state index contributed by atoms with van der Waals surface area (Å²) in [7, 11) is 1.76. The fraction of sp³-hybridized carbons (Fsp3) is 0.571. The van der Waals surface area contributed by atoms with E-state index in [0.717, 1.165) is 5.57 Å². The molecule has 0 aliphatic heterocycles. The van der Waals surface area contributed by atoms with Crippen LogP contribution in [0.3, 0.4) is 0 Å². The van der Waals surface area contributed by atoms with Gasteiger partial charge in [-0.1, -0.05) is 5.57 Å². The Morgan fingerprint density at radius 1 is 1.56 bits per heavy atom. The first-order chi connectivity index (χ1) is 4.16. The van der Waals surface area contributed by atoms with Crippen molar-refractivity contribution in [2.75, 3.05) is 13.6 Å². The van der Waals surface area contributed by atoms with Crippen molar-refractivity contribution in [1.82, 2.24) is 5.32 Å². The van der Waals surface area contributed by atoms with Gasteiger partial charge in [-0.15, -0.1) is 0 Å². The second-order valence-electron chi connectivity index (χ2n) is 2.22. The normalized spacial score (nSPS) is 8.78. The number of hydrogen-bond donors (Lipinski definition) is 1. The summed E-state index contributed by atoms with van der Waals surface area (Å²) in [5.41, 5.74) is 1.05. The summed E-state index contributed by atoms with van der Waals surface area (Å²) in [6.45, 7) is 4.26. The first kappa shape index (κ1) is 8.37. The lowest BCUT2D eigenvalue weighted by Crippen LogP contribution is -2.16. The molecule has 0 heterocycles. The second kappa shape index (κ2) is 4.27. The van der Waals surface area contributed by atoms with Gasteiger partial charge in [0.25, 0.3) is 0 Å². The Bertz CT molecular complexity index is 123. The molecule has 0 aliphatic carbocycles. The second-order valence-corrected chi connectivity index (χ2v) is 2.22. The van der Waals surface area contributed by atoms with E-state index in [0.29, 0.717) is 6.54 Å². The highest BCUT2D eigenvalue weighted by Gasteiger charge is 1.91. The lowest BCUT2D eigenvalue weighted by molar-refractivity contribution is -0.113. The number of hydrogen-bond acceptors (Lipinski definition) is 2. The summed E-state index contributed by atoms with van der Waals surface area (Å²) in [6.07, 6.45) is 1.64. The van der Waals surface area contributed by atoms with Crippen molar-refractivity contribution in [2.24, 2.45) is 0 Å². The van der Waals surface area contributed by atoms with Crippen LogP contribution in [0.5, 0.6) is 0 Å². The van der Waals surface area contributed by atoms with Crippen LogP contribution in [0.1, 0.15) is 13.8 Å². The van der Waals surface area contributed by atoms with E-state index in [2.05, 4.69) is 5.32 Å². The Kier molecular flexibility index (Phi) is 3.97. The zero-order valence-electron chi connectivity index (χ0n) is 6.19. The lowest BCUT2D eigenvalue weighted by atomic mass is 10.2. The molecule has 0 rings (SSSR count). The van der Waals surface area contributed by atoms with Gasteiger partial charge in [0.15, 0.2) is 5.78 Å². The minimum atomic E-state index is 0.137. The van der Waals surface area contributed by atoms with Crippen molar-refractivity contribution >= 4 is 5.78 Å². The van der Waals surface area contributed by atoms with Crippen LogP contribution in [0.15, 0.2) is 11.6 Å². The van der Waals surface area contributed by atoms with Gasteiger partial charge in [0, 0.05) is 0 Å². The molecule has 0 fully saturated rings. The maximum absolute atomic E-state index is 10.7. The zero-order valence-corrected chi connectivity index (χ0v) is 6.19. The summed E-state index contributed by atoms with van der Waals surface area (Å²) in [4.78, 5) is 10.7. The Labute approximate surface area is 56.0 Å². The number of rotatable bonds is 3. The molecular weight excluding hydrogens is 114 g/mol. The average molecular weight is 127 g/mol. The number of carbonyl (C=O) groups is 1. The molecule has 0 radical (unpaired) electrons. The molecular formula is C7H13NO. The average Bonchev–Trinajstić information content (AvgIpc) is 1.63. The van der Waals surface area contributed by atoms with E-state index in [1.807, 2.05) is 13.8 Å². The van der Waals surface area contributed by atoms with Gasteiger partial charge in [0.2, 0.25) is 0 Å². The van der Waals surface area contributed by atoms with Crippen LogP contribution in [-0.4, -0.2) is 19.4 Å². The molecule has 0 amide bonds. The molecule has 2 heteroatoms. The third-order valence-electron chi connectivity index (χ3n) is 0.801. The van der Waals surface area contributed by atoms with E-state index >= 15 is 0 Å². The van der Waals surface area contributed by atoms with Crippen LogP contribution in [0.2, 0.25) is 0 Å². The van der Waals surface area contributed by atoms with Crippen molar-refractivity contribution in [3.05, 3.63) is 11.6 Å². The van der Waals surface area contributed by atoms with Crippen LogP contribution in [0, 0.1) is 0 Å². The number of allylic oxidation sites excluding steroid dienone is 1. The Morgan fingerprint density at radius 3 is 2.44 bits per heavy atom. The number of ketones is 1. The molecule has 0 aromatic heterocycles. The van der Waals surface area contributed by atoms with E-state index in [1.54, 1.807) is 13.1 Å². The highest BCUT2D eigenvalue weighted by Crippen LogP contribution is 1.87. The van der Waals surface area contributed by atoms with Gasteiger partial charge < -0.3 is 5.32 Å². The molecule has 0 atom stereocenters. The summed E-state index contributed by atoms with van der Waals surface area (Å²) in [5, 5.41) is 2.78. The topological polar surface area (TPSA) is 29.1 Å². The fourth-order valence-corrected chi connectivity index (χ4v) is 0.547. The fourth-order valence-electron chi connectivity index (χ4n) is 0.547. The number of likely N-dealkylation sites (N-methyl/N-ethyl adjacent to an activating group) is 1. The Hall–Kier alpha value is -0.630. The van der Waals surface area contributed by atoms with E-state index in [-0.39, 0.29) is 5.78 Å². The highest BCUT2D eigenvalue weighted by molar-refractivity contribution is 5.91. The number of carbonyl (C=O) groups excluding carboxylic acids is 1. The van der Waals surface area contributed by atoms with Crippen LogP contribution in [0.4, 0.5) is 0 Å². The minimum Gasteiger partial charge on any atom is -0.313 e. The van der Waals surface area contributed by atoms with Gasteiger partial charge in [-0.3, -0.25) is 4.79 Å². The van der Waals surface area contributed by atoms with E-state index in [4.69, 9.17) is 0 Å². The van der Waals surface area contributed by atoms with Gasteiger partial charge in [-0.05, 0) is 27.0 Å². The predicted molar refractivity (Wildman–Crippen MR) is 38.4 cm³/mol. The highest BCUT2D eigenvalue weighted by atomic mass is 16.1. The molecule has 0 aromatic rings. The van der Waals surface area contributed by atoms with Gasteiger partial charge in [-0.25, -0.2) is 0 Å². The molecule has 0 saturated heterocycles. The summed E-state index contributed by atoms with van der Waals surface area (Å²) in [5.74, 6) is 0.137. The molecule has 1 N–H and O–H groups in total. The maximum Gasteiger partial charge on any atom is 0.169 e. The van der Waals surface area contributed by atoms with Crippen molar-refractivity contribution in [2.45, 2.75) is 13.8 Å². The molecule has 0 spiro atoms. The van der Waals surface area contributed by atoms with Crippen LogP contribution < -0.4 is 5.32 Å². The molecule has 0 bridgehead atoms. The van der Waals surface area contributed by atoms with Gasteiger partial charge in [0.05, 0.1) is 6.54 Å². The molecule has 0 aromatic carbocycles. The lowest BCUT2D eigenvalue weighted by Gasteiger charge is -1.91. The molecule has 0 aliphatic rings. The third-order valence-corrected chi connectivity index (χ3v) is 0.801. The van der Waals surface area contributed by atoms with Gasteiger partial charge >= 0.3 is 0 Å². The molecule has 9 heavy (non-hydrogen) atoms. The van der Waals surface area contributed by atoms with Gasteiger partial charge in [0.1, 0.15) is 0 Å². The quantitative estimate of drug-likeness (QED) is 0.566. The van der Waals surface area contributed by atoms with Crippen LogP contribution >= 0.6 is 0 Å². The standard InChI is InChI=1S/C7H13NO/c1-6(2)4-7(9)5-8-3/h4,8H,5H2,1-3H3. The molecule has 52 valence electrons. The van der Waals surface area contributed by atoms with Crippen molar-refractivity contribution in [3.8, 4) is 0 Å². The minimum absolute atomic E-state index is 0.137. The zero-order chi connectivity index (χ0) is 7.28. The molecule has 0 saturated carbocycles. The van der Waals surface area contributed by atoms with E-state index in [9.17, 15) is 4.79 Å². The van der Waals surface area contributed by atoms with E-state index < -0.39 is 0 Å².